The van der Waals surface area contributed by atoms with Gasteiger partial charge in [0.05, 0.1) is 12.5 Å². The number of fused-ring (bicyclic) bond motifs is 2. The van der Waals surface area contributed by atoms with Crippen LogP contribution in [0.3, 0.4) is 0 Å². The van der Waals surface area contributed by atoms with Crippen molar-refractivity contribution in [3.8, 4) is 5.75 Å². The third-order valence-electron chi connectivity index (χ3n) is 5.99. The maximum Gasteiger partial charge on any atom is 0.233 e. The van der Waals surface area contributed by atoms with Crippen molar-refractivity contribution in [3.63, 3.8) is 0 Å². The van der Waals surface area contributed by atoms with E-state index in [-0.39, 0.29) is 11.3 Å². The third kappa shape index (κ3) is 2.82. The van der Waals surface area contributed by atoms with Crippen molar-refractivity contribution in [1.82, 2.24) is 4.90 Å². The Hall–Kier alpha value is -1.51. The molecule has 2 unspecified atom stereocenters. The van der Waals surface area contributed by atoms with Gasteiger partial charge in [-0.05, 0) is 50.0 Å². The number of nitrogens with zero attached hydrogens (tertiary/aromatic N) is 1. The Labute approximate surface area is 146 Å². The predicted molar refractivity (Wildman–Crippen MR) is 97.3 cm³/mol. The second-order valence-electron chi connectivity index (χ2n) is 9.47. The smallest absolute Gasteiger partial charge is 0.233 e. The zero-order chi connectivity index (χ0) is 17.8. The van der Waals surface area contributed by atoms with Gasteiger partial charge in [0.25, 0.3) is 0 Å². The first-order valence-corrected chi connectivity index (χ1v) is 9.03. The molecule has 132 valence electrons. The summed E-state index contributed by atoms with van der Waals surface area (Å²) >= 11 is 0. The summed E-state index contributed by atoms with van der Waals surface area (Å²) in [5.74, 6) is 1.03. The first-order valence-electron chi connectivity index (χ1n) is 9.03. The largest absolute Gasteiger partial charge is 0.496 e. The molecule has 1 saturated heterocycles. The van der Waals surface area contributed by atoms with Crippen LogP contribution >= 0.6 is 0 Å². The standard InChI is InChI=1S/C21H31NO2/c1-19(2)11-15-12-21(5,13-19)14-22(15)18(23)20(3,4)16-9-7-8-10-17(16)24-6/h7-10,15H,11-14H2,1-6H3. The Kier molecular flexibility index (Phi) is 3.97. The molecule has 1 saturated carbocycles. The van der Waals surface area contributed by atoms with Crippen LogP contribution in [0.25, 0.3) is 0 Å². The molecule has 2 aliphatic rings. The fourth-order valence-corrected chi connectivity index (χ4v) is 5.33. The molecule has 1 amide bonds. The number of para-hydroxylation sites is 1. The van der Waals surface area contributed by atoms with E-state index in [9.17, 15) is 4.79 Å². The number of carbonyl (C=O) groups is 1. The van der Waals surface area contributed by atoms with Crippen molar-refractivity contribution < 1.29 is 9.53 Å². The average molecular weight is 329 g/mol. The van der Waals surface area contributed by atoms with Gasteiger partial charge >= 0.3 is 0 Å². The lowest BCUT2D eigenvalue weighted by Gasteiger charge is -2.40. The maximum absolute atomic E-state index is 13.5. The fourth-order valence-electron chi connectivity index (χ4n) is 5.33. The number of rotatable bonds is 3. The second kappa shape index (κ2) is 5.50. The number of methoxy groups -OCH3 is 1. The Morgan fingerprint density at radius 2 is 1.88 bits per heavy atom. The lowest BCUT2D eigenvalue weighted by Crippen LogP contribution is -2.46. The van der Waals surface area contributed by atoms with E-state index >= 15 is 0 Å². The van der Waals surface area contributed by atoms with E-state index in [4.69, 9.17) is 4.74 Å². The zero-order valence-corrected chi connectivity index (χ0v) is 16.0. The molecule has 2 fully saturated rings. The minimum Gasteiger partial charge on any atom is -0.496 e. The summed E-state index contributed by atoms with van der Waals surface area (Å²) in [6.07, 6.45) is 3.45. The summed E-state index contributed by atoms with van der Waals surface area (Å²) < 4.78 is 5.51. The van der Waals surface area contributed by atoms with Crippen LogP contribution in [-0.4, -0.2) is 30.5 Å². The predicted octanol–water partition coefficient (Wildman–Crippen LogP) is 4.40. The van der Waals surface area contributed by atoms with Crippen LogP contribution in [0.15, 0.2) is 24.3 Å². The van der Waals surface area contributed by atoms with Gasteiger partial charge in [-0.25, -0.2) is 0 Å². The zero-order valence-electron chi connectivity index (χ0n) is 16.0. The van der Waals surface area contributed by atoms with E-state index in [0.29, 0.717) is 11.5 Å². The number of carbonyl (C=O) groups excluding carboxylic acids is 1. The first-order chi connectivity index (χ1) is 11.1. The normalized spacial score (nSPS) is 28.8. The first kappa shape index (κ1) is 17.3. The number of hydrogen-bond donors (Lipinski definition) is 0. The van der Waals surface area contributed by atoms with Crippen molar-refractivity contribution in [2.75, 3.05) is 13.7 Å². The number of hydrogen-bond acceptors (Lipinski definition) is 2. The van der Waals surface area contributed by atoms with Crippen LogP contribution in [0.5, 0.6) is 5.75 Å². The summed E-state index contributed by atoms with van der Waals surface area (Å²) in [6.45, 7) is 12.0. The van der Waals surface area contributed by atoms with E-state index in [0.717, 1.165) is 30.7 Å². The van der Waals surface area contributed by atoms with E-state index in [2.05, 4.69) is 25.7 Å². The Morgan fingerprint density at radius 1 is 1.21 bits per heavy atom. The van der Waals surface area contributed by atoms with Crippen molar-refractivity contribution in [3.05, 3.63) is 29.8 Å². The van der Waals surface area contributed by atoms with E-state index in [1.807, 2.05) is 38.1 Å². The molecule has 2 atom stereocenters. The van der Waals surface area contributed by atoms with Crippen LogP contribution < -0.4 is 4.74 Å². The highest BCUT2D eigenvalue weighted by molar-refractivity contribution is 5.88. The monoisotopic (exact) mass is 329 g/mol. The van der Waals surface area contributed by atoms with Crippen LogP contribution in [0.1, 0.15) is 59.4 Å². The molecular formula is C21H31NO2. The van der Waals surface area contributed by atoms with Crippen LogP contribution in [0.4, 0.5) is 0 Å². The van der Waals surface area contributed by atoms with Gasteiger partial charge < -0.3 is 9.64 Å². The molecule has 0 N–H and O–H groups in total. The number of benzene rings is 1. The minimum atomic E-state index is -0.579. The molecule has 1 aliphatic carbocycles. The minimum absolute atomic E-state index is 0.235. The topological polar surface area (TPSA) is 29.5 Å². The molecule has 0 radical (unpaired) electrons. The van der Waals surface area contributed by atoms with Gasteiger partial charge in [-0.1, -0.05) is 39.0 Å². The van der Waals surface area contributed by atoms with Gasteiger partial charge in [0.1, 0.15) is 5.75 Å². The van der Waals surface area contributed by atoms with Crippen molar-refractivity contribution in [2.45, 2.75) is 65.3 Å². The molecular weight excluding hydrogens is 298 g/mol. The summed E-state index contributed by atoms with van der Waals surface area (Å²) in [4.78, 5) is 15.7. The fraction of sp³-hybridized carbons (Fsp3) is 0.667. The average Bonchev–Trinajstić information content (AvgIpc) is 2.75. The second-order valence-corrected chi connectivity index (χ2v) is 9.47. The maximum atomic E-state index is 13.5. The van der Waals surface area contributed by atoms with Crippen LogP contribution in [0, 0.1) is 10.8 Å². The van der Waals surface area contributed by atoms with Crippen molar-refractivity contribution >= 4 is 5.91 Å². The molecule has 1 aromatic carbocycles. The Morgan fingerprint density at radius 3 is 2.54 bits per heavy atom. The number of amides is 1. The van der Waals surface area contributed by atoms with E-state index < -0.39 is 5.41 Å². The third-order valence-corrected chi connectivity index (χ3v) is 5.99. The SMILES string of the molecule is COc1ccccc1C(C)(C)C(=O)N1CC2(C)CC1CC(C)(C)C2. The summed E-state index contributed by atoms with van der Waals surface area (Å²) in [5, 5.41) is 0. The van der Waals surface area contributed by atoms with E-state index in [1.54, 1.807) is 7.11 Å². The highest BCUT2D eigenvalue weighted by Crippen LogP contribution is 2.53. The summed E-state index contributed by atoms with van der Waals surface area (Å²) in [7, 11) is 1.67. The van der Waals surface area contributed by atoms with Crippen molar-refractivity contribution in [2.24, 2.45) is 10.8 Å². The quantitative estimate of drug-likeness (QED) is 0.822. The van der Waals surface area contributed by atoms with E-state index in [1.165, 1.54) is 6.42 Å². The molecule has 1 aliphatic heterocycles. The van der Waals surface area contributed by atoms with Gasteiger partial charge in [-0.3, -0.25) is 4.79 Å². The molecule has 2 bridgehead atoms. The van der Waals surface area contributed by atoms with Gasteiger partial charge in [0.2, 0.25) is 5.91 Å². The Bertz CT molecular complexity index is 649. The van der Waals surface area contributed by atoms with Gasteiger partial charge in [0.15, 0.2) is 0 Å². The molecule has 3 rings (SSSR count). The summed E-state index contributed by atoms with van der Waals surface area (Å²) in [5.41, 5.74) is 0.980. The molecule has 3 nitrogen and oxygen atoms in total. The Balaban J connectivity index is 1.91. The van der Waals surface area contributed by atoms with Crippen LogP contribution in [-0.2, 0) is 10.2 Å². The highest BCUT2D eigenvalue weighted by atomic mass is 16.5. The lowest BCUT2D eigenvalue weighted by molar-refractivity contribution is -0.137. The van der Waals surface area contributed by atoms with Crippen LogP contribution in [0.2, 0.25) is 0 Å². The molecule has 24 heavy (non-hydrogen) atoms. The molecule has 3 heteroatoms. The van der Waals surface area contributed by atoms with Gasteiger partial charge in [-0.2, -0.15) is 0 Å². The van der Waals surface area contributed by atoms with Gasteiger partial charge in [-0.15, -0.1) is 0 Å². The molecule has 0 spiro atoms. The molecule has 0 aromatic heterocycles. The highest BCUT2D eigenvalue weighted by Gasteiger charge is 2.53. The van der Waals surface area contributed by atoms with Gasteiger partial charge in [0, 0.05) is 18.2 Å². The number of likely N-dealkylation sites (tertiary alicyclic amines) is 1. The summed E-state index contributed by atoms with van der Waals surface area (Å²) in [6, 6.07) is 8.27. The lowest BCUT2D eigenvalue weighted by atomic mass is 9.65. The number of ether oxygens (including phenoxy) is 1. The van der Waals surface area contributed by atoms with Crippen molar-refractivity contribution in [1.29, 1.82) is 0 Å². The molecule has 1 aromatic rings. The molecule has 1 heterocycles.